The highest BCUT2D eigenvalue weighted by molar-refractivity contribution is 7.84. The van der Waals surface area contributed by atoms with Crippen molar-refractivity contribution in [2.75, 3.05) is 6.26 Å². The molecule has 6 heteroatoms. The van der Waals surface area contributed by atoms with Gasteiger partial charge in [-0.1, -0.05) is 18.2 Å². The Kier molecular flexibility index (Phi) is 5.96. The normalized spacial score (nSPS) is 22.2. The van der Waals surface area contributed by atoms with E-state index in [1.54, 1.807) is 24.3 Å². The standard InChI is InChI=1S/C20H25NO4S/c1-26(25)19-12-14(5-11-18(19)23)20(24)17-10-7-15(21-17)6-2-13-3-8-16(22)9-4-13/h3-5,8-9,11-12,15,17,20-24H,2,6-7,10H2,1H3. The molecule has 0 aliphatic carbocycles. The van der Waals surface area contributed by atoms with Gasteiger partial charge in [-0.15, -0.1) is 0 Å². The van der Waals surface area contributed by atoms with Crippen molar-refractivity contribution in [2.24, 2.45) is 0 Å². The molecule has 0 spiro atoms. The van der Waals surface area contributed by atoms with E-state index in [4.69, 9.17) is 0 Å². The second-order valence-corrected chi connectivity index (χ2v) is 8.23. The van der Waals surface area contributed by atoms with Gasteiger partial charge in [0, 0.05) is 18.3 Å². The summed E-state index contributed by atoms with van der Waals surface area (Å²) in [6.45, 7) is 0. The first-order valence-corrected chi connectivity index (χ1v) is 10.4. The van der Waals surface area contributed by atoms with Crippen LogP contribution >= 0.6 is 0 Å². The molecule has 2 aromatic carbocycles. The highest BCUT2D eigenvalue weighted by Crippen LogP contribution is 2.30. The van der Waals surface area contributed by atoms with E-state index in [1.807, 2.05) is 12.1 Å². The monoisotopic (exact) mass is 375 g/mol. The average Bonchev–Trinajstić information content (AvgIpc) is 3.10. The zero-order valence-electron chi connectivity index (χ0n) is 14.8. The van der Waals surface area contributed by atoms with Crippen molar-refractivity contribution in [3.05, 3.63) is 53.6 Å². The van der Waals surface area contributed by atoms with Crippen molar-refractivity contribution < 1.29 is 19.5 Å². The summed E-state index contributed by atoms with van der Waals surface area (Å²) in [6.07, 6.45) is 4.55. The predicted octanol–water partition coefficient (Wildman–Crippen LogP) is 2.62. The molecule has 4 unspecified atom stereocenters. The van der Waals surface area contributed by atoms with Gasteiger partial charge in [0.25, 0.3) is 0 Å². The Hall–Kier alpha value is -1.89. The van der Waals surface area contributed by atoms with Crippen LogP contribution in [0.25, 0.3) is 0 Å². The van der Waals surface area contributed by atoms with E-state index < -0.39 is 16.9 Å². The molecule has 1 saturated heterocycles. The number of hydrogen-bond acceptors (Lipinski definition) is 5. The fourth-order valence-corrected chi connectivity index (χ4v) is 4.17. The van der Waals surface area contributed by atoms with E-state index in [-0.39, 0.29) is 17.5 Å². The van der Waals surface area contributed by atoms with E-state index in [1.165, 1.54) is 17.9 Å². The second-order valence-electron chi connectivity index (χ2n) is 6.88. The van der Waals surface area contributed by atoms with Crippen LogP contribution in [-0.4, -0.2) is 37.9 Å². The first kappa shape index (κ1) is 18.9. The molecule has 0 aromatic heterocycles. The lowest BCUT2D eigenvalue weighted by molar-refractivity contribution is 0.134. The van der Waals surface area contributed by atoms with Gasteiger partial charge in [-0.3, -0.25) is 4.21 Å². The molecule has 2 aromatic rings. The van der Waals surface area contributed by atoms with Gasteiger partial charge in [-0.2, -0.15) is 0 Å². The number of aliphatic hydroxyl groups excluding tert-OH is 1. The summed E-state index contributed by atoms with van der Waals surface area (Å²) in [5.74, 6) is 0.269. The van der Waals surface area contributed by atoms with Gasteiger partial charge >= 0.3 is 0 Å². The lowest BCUT2D eigenvalue weighted by atomic mass is 10.0. The van der Waals surface area contributed by atoms with Crippen LogP contribution in [0, 0.1) is 0 Å². The van der Waals surface area contributed by atoms with Gasteiger partial charge in [0.2, 0.25) is 0 Å². The number of phenolic OH excluding ortho intramolecular Hbond substituents is 2. The quantitative estimate of drug-likeness (QED) is 0.623. The summed E-state index contributed by atoms with van der Waals surface area (Å²) in [5.41, 5.74) is 1.85. The average molecular weight is 375 g/mol. The van der Waals surface area contributed by atoms with Crippen LogP contribution < -0.4 is 5.32 Å². The summed E-state index contributed by atoms with van der Waals surface area (Å²) in [6, 6.07) is 12.3. The number of nitrogens with one attached hydrogen (secondary N) is 1. The zero-order valence-corrected chi connectivity index (χ0v) is 15.6. The van der Waals surface area contributed by atoms with Crippen molar-refractivity contribution in [3.8, 4) is 11.5 Å². The third kappa shape index (κ3) is 4.44. The molecule has 4 atom stereocenters. The van der Waals surface area contributed by atoms with Gasteiger partial charge in [0.05, 0.1) is 21.8 Å². The SMILES string of the molecule is CS(=O)c1cc(C(O)C2CCC(CCc3ccc(O)cc3)N2)ccc1O. The Balaban J connectivity index is 1.58. The van der Waals surface area contributed by atoms with Gasteiger partial charge in [-0.05, 0) is 61.1 Å². The van der Waals surface area contributed by atoms with E-state index >= 15 is 0 Å². The molecule has 0 amide bonds. The number of hydrogen-bond donors (Lipinski definition) is 4. The van der Waals surface area contributed by atoms with E-state index in [2.05, 4.69) is 5.32 Å². The van der Waals surface area contributed by atoms with Gasteiger partial charge < -0.3 is 20.6 Å². The molecular formula is C20H25NO4S. The Morgan fingerprint density at radius 3 is 2.58 bits per heavy atom. The molecular weight excluding hydrogens is 350 g/mol. The highest BCUT2D eigenvalue weighted by Gasteiger charge is 2.30. The van der Waals surface area contributed by atoms with E-state index in [0.29, 0.717) is 16.5 Å². The van der Waals surface area contributed by atoms with Gasteiger partial charge in [0.15, 0.2) is 0 Å². The second kappa shape index (κ2) is 8.20. The van der Waals surface area contributed by atoms with E-state index in [9.17, 15) is 19.5 Å². The third-order valence-electron chi connectivity index (χ3n) is 5.01. The fourth-order valence-electron chi connectivity index (χ4n) is 3.51. The molecule has 140 valence electrons. The molecule has 1 aliphatic rings. The summed E-state index contributed by atoms with van der Waals surface area (Å²) in [7, 11) is -1.30. The van der Waals surface area contributed by atoms with E-state index in [0.717, 1.165) is 25.7 Å². The van der Waals surface area contributed by atoms with Crippen LogP contribution in [0.3, 0.4) is 0 Å². The summed E-state index contributed by atoms with van der Waals surface area (Å²) in [5, 5.41) is 33.3. The molecule has 0 radical (unpaired) electrons. The van der Waals surface area contributed by atoms with Crippen molar-refractivity contribution in [3.63, 3.8) is 0 Å². The van der Waals surface area contributed by atoms with Crippen LogP contribution in [0.4, 0.5) is 0 Å². The maximum atomic E-state index is 11.7. The first-order valence-electron chi connectivity index (χ1n) is 8.82. The predicted molar refractivity (Wildman–Crippen MR) is 102 cm³/mol. The fraction of sp³-hybridized carbons (Fsp3) is 0.400. The highest BCUT2D eigenvalue weighted by atomic mass is 32.2. The smallest absolute Gasteiger partial charge is 0.131 e. The lowest BCUT2D eigenvalue weighted by Crippen LogP contribution is -2.34. The Morgan fingerprint density at radius 1 is 1.15 bits per heavy atom. The van der Waals surface area contributed by atoms with Crippen LogP contribution in [-0.2, 0) is 17.2 Å². The molecule has 26 heavy (non-hydrogen) atoms. The molecule has 0 bridgehead atoms. The van der Waals surface area contributed by atoms with Crippen molar-refractivity contribution in [2.45, 2.75) is 48.8 Å². The third-order valence-corrected chi connectivity index (χ3v) is 5.96. The number of aryl methyl sites for hydroxylation is 1. The number of benzene rings is 2. The first-order chi connectivity index (χ1) is 12.4. The van der Waals surface area contributed by atoms with Crippen molar-refractivity contribution in [1.29, 1.82) is 0 Å². The molecule has 1 fully saturated rings. The van der Waals surface area contributed by atoms with Crippen molar-refractivity contribution >= 4 is 10.8 Å². The minimum atomic E-state index is -1.30. The minimum absolute atomic E-state index is 0.00654. The largest absolute Gasteiger partial charge is 0.508 e. The number of rotatable bonds is 6. The molecule has 3 rings (SSSR count). The maximum absolute atomic E-state index is 11.7. The minimum Gasteiger partial charge on any atom is -0.508 e. The summed E-state index contributed by atoms with van der Waals surface area (Å²) >= 11 is 0. The topological polar surface area (TPSA) is 89.8 Å². The molecule has 4 N–H and O–H groups in total. The number of aromatic hydroxyl groups is 2. The lowest BCUT2D eigenvalue weighted by Gasteiger charge is -2.21. The van der Waals surface area contributed by atoms with Crippen LogP contribution in [0.5, 0.6) is 11.5 Å². The van der Waals surface area contributed by atoms with Gasteiger partial charge in [0.1, 0.15) is 11.5 Å². The Labute approximate surface area is 156 Å². The van der Waals surface area contributed by atoms with Crippen LogP contribution in [0.15, 0.2) is 47.4 Å². The number of aliphatic hydroxyl groups is 1. The van der Waals surface area contributed by atoms with Crippen molar-refractivity contribution in [1.82, 2.24) is 5.32 Å². The van der Waals surface area contributed by atoms with Gasteiger partial charge in [-0.25, -0.2) is 0 Å². The number of phenols is 2. The summed E-state index contributed by atoms with van der Waals surface area (Å²) in [4.78, 5) is 0.350. The molecule has 1 heterocycles. The molecule has 0 saturated carbocycles. The Bertz CT molecular complexity index is 778. The Morgan fingerprint density at radius 2 is 1.88 bits per heavy atom. The van der Waals surface area contributed by atoms with Crippen LogP contribution in [0.1, 0.15) is 36.5 Å². The molecule has 1 aliphatic heterocycles. The maximum Gasteiger partial charge on any atom is 0.131 e. The zero-order chi connectivity index (χ0) is 18.7. The van der Waals surface area contributed by atoms with Crippen LogP contribution in [0.2, 0.25) is 0 Å². The summed E-state index contributed by atoms with van der Waals surface area (Å²) < 4.78 is 11.7. The molecule has 5 nitrogen and oxygen atoms in total.